The van der Waals surface area contributed by atoms with Gasteiger partial charge in [-0.3, -0.25) is 4.79 Å². The molecule has 5 nitrogen and oxygen atoms in total. The van der Waals surface area contributed by atoms with E-state index in [4.69, 9.17) is 4.98 Å². The molecule has 1 aromatic heterocycles. The molecular formula is C23H26N4O. The average Bonchev–Trinajstić information content (AvgIpc) is 3.16. The van der Waals surface area contributed by atoms with E-state index in [0.29, 0.717) is 5.95 Å². The van der Waals surface area contributed by atoms with E-state index < -0.39 is 0 Å². The van der Waals surface area contributed by atoms with E-state index in [0.717, 1.165) is 30.6 Å². The number of hydrogen-bond donors (Lipinski definition) is 1. The van der Waals surface area contributed by atoms with E-state index in [2.05, 4.69) is 40.6 Å². The Morgan fingerprint density at radius 2 is 1.89 bits per heavy atom. The molecule has 0 unspecified atom stereocenters. The molecule has 1 N–H and O–H groups in total. The first-order chi connectivity index (χ1) is 13.4. The van der Waals surface area contributed by atoms with Crippen molar-refractivity contribution in [3.63, 3.8) is 0 Å². The van der Waals surface area contributed by atoms with Crippen molar-refractivity contribution >= 4 is 22.6 Å². The second-order valence-electron chi connectivity index (χ2n) is 8.39. The van der Waals surface area contributed by atoms with Gasteiger partial charge in [-0.15, -0.1) is 0 Å². The first-order valence-electron chi connectivity index (χ1n) is 9.82. The van der Waals surface area contributed by atoms with Crippen LogP contribution in [-0.2, 0) is 4.79 Å². The summed E-state index contributed by atoms with van der Waals surface area (Å²) in [6, 6.07) is 16.3. The van der Waals surface area contributed by atoms with Gasteiger partial charge in [-0.1, -0.05) is 36.4 Å². The van der Waals surface area contributed by atoms with Gasteiger partial charge in [-0.25, -0.2) is 9.97 Å². The van der Waals surface area contributed by atoms with Gasteiger partial charge in [0.05, 0.1) is 5.69 Å². The fourth-order valence-electron chi connectivity index (χ4n) is 3.73. The van der Waals surface area contributed by atoms with E-state index in [1.807, 2.05) is 43.9 Å². The SMILES string of the molecule is CC(C)(C)NC(=O)[C@H]1CCCN1c1nccc(-c2ccc3ccccc3c2)n1. The molecule has 0 saturated carbocycles. The van der Waals surface area contributed by atoms with E-state index in [-0.39, 0.29) is 17.5 Å². The van der Waals surface area contributed by atoms with Crippen LogP contribution in [0, 0.1) is 0 Å². The summed E-state index contributed by atoms with van der Waals surface area (Å²) in [5.74, 6) is 0.668. The van der Waals surface area contributed by atoms with E-state index >= 15 is 0 Å². The summed E-state index contributed by atoms with van der Waals surface area (Å²) >= 11 is 0. The second-order valence-corrected chi connectivity index (χ2v) is 8.39. The number of hydrogen-bond acceptors (Lipinski definition) is 4. The van der Waals surface area contributed by atoms with Crippen molar-refractivity contribution < 1.29 is 4.79 Å². The number of nitrogens with zero attached hydrogens (tertiary/aromatic N) is 3. The maximum absolute atomic E-state index is 12.7. The highest BCUT2D eigenvalue weighted by atomic mass is 16.2. The number of aromatic nitrogens is 2. The first kappa shape index (κ1) is 18.4. The first-order valence-corrected chi connectivity index (χ1v) is 9.82. The highest BCUT2D eigenvalue weighted by molar-refractivity contribution is 5.87. The third kappa shape index (κ3) is 3.84. The molecule has 1 fully saturated rings. The van der Waals surface area contributed by atoms with Crippen LogP contribution in [0.2, 0.25) is 0 Å². The minimum Gasteiger partial charge on any atom is -0.350 e. The molecule has 0 aliphatic carbocycles. The number of fused-ring (bicyclic) bond motifs is 1. The Morgan fingerprint density at radius 1 is 1.11 bits per heavy atom. The van der Waals surface area contributed by atoms with Crippen LogP contribution in [0.4, 0.5) is 5.95 Å². The Balaban J connectivity index is 1.63. The summed E-state index contributed by atoms with van der Waals surface area (Å²) in [5, 5.41) is 5.48. The molecule has 2 heterocycles. The summed E-state index contributed by atoms with van der Waals surface area (Å²) in [5.41, 5.74) is 1.67. The molecule has 2 aromatic carbocycles. The topological polar surface area (TPSA) is 58.1 Å². The average molecular weight is 374 g/mol. The van der Waals surface area contributed by atoms with Crippen LogP contribution in [-0.4, -0.2) is 34.0 Å². The van der Waals surface area contributed by atoms with Crippen LogP contribution in [0.1, 0.15) is 33.6 Å². The zero-order valence-electron chi connectivity index (χ0n) is 16.6. The summed E-state index contributed by atoms with van der Waals surface area (Å²) in [6.45, 7) is 6.80. The molecular weight excluding hydrogens is 348 g/mol. The zero-order valence-corrected chi connectivity index (χ0v) is 16.6. The molecule has 1 aliphatic rings. The van der Waals surface area contributed by atoms with Gasteiger partial charge in [0.1, 0.15) is 6.04 Å². The van der Waals surface area contributed by atoms with Crippen molar-refractivity contribution in [3.05, 3.63) is 54.7 Å². The monoisotopic (exact) mass is 374 g/mol. The van der Waals surface area contributed by atoms with Gasteiger partial charge in [0.25, 0.3) is 0 Å². The predicted octanol–water partition coefficient (Wildman–Crippen LogP) is 4.18. The van der Waals surface area contributed by atoms with Crippen LogP contribution >= 0.6 is 0 Å². The van der Waals surface area contributed by atoms with Gasteiger partial charge >= 0.3 is 0 Å². The Hall–Kier alpha value is -2.95. The lowest BCUT2D eigenvalue weighted by Gasteiger charge is -2.28. The van der Waals surface area contributed by atoms with Crippen molar-refractivity contribution in [3.8, 4) is 11.3 Å². The normalized spacial score (nSPS) is 17.1. The maximum atomic E-state index is 12.7. The van der Waals surface area contributed by atoms with Gasteiger partial charge in [0.2, 0.25) is 11.9 Å². The minimum atomic E-state index is -0.251. The standard InChI is InChI=1S/C23H26N4O/c1-23(2,3)26-21(28)20-9-6-14-27(20)22-24-13-12-19(25-22)18-11-10-16-7-4-5-8-17(16)15-18/h4-5,7-8,10-13,15,20H,6,9,14H2,1-3H3,(H,26,28)/t20-/m1/s1. The fourth-order valence-corrected chi connectivity index (χ4v) is 3.73. The quantitative estimate of drug-likeness (QED) is 0.747. The van der Waals surface area contributed by atoms with Gasteiger partial charge in [0, 0.05) is 23.8 Å². The van der Waals surface area contributed by atoms with E-state index in [9.17, 15) is 4.79 Å². The molecule has 1 atom stereocenters. The van der Waals surface area contributed by atoms with Crippen LogP contribution < -0.4 is 10.2 Å². The molecule has 1 saturated heterocycles. The Bertz CT molecular complexity index is 1010. The van der Waals surface area contributed by atoms with Gasteiger partial charge in [0.15, 0.2) is 0 Å². The number of benzene rings is 2. The molecule has 144 valence electrons. The zero-order chi connectivity index (χ0) is 19.7. The van der Waals surface area contributed by atoms with E-state index in [1.54, 1.807) is 6.20 Å². The van der Waals surface area contributed by atoms with Crippen molar-refractivity contribution in [1.29, 1.82) is 0 Å². The molecule has 0 spiro atoms. The van der Waals surface area contributed by atoms with Gasteiger partial charge in [-0.2, -0.15) is 0 Å². The van der Waals surface area contributed by atoms with Crippen LogP contribution in [0.15, 0.2) is 54.7 Å². The Kier molecular flexibility index (Phi) is 4.75. The van der Waals surface area contributed by atoms with Crippen molar-refractivity contribution in [1.82, 2.24) is 15.3 Å². The molecule has 3 aromatic rings. The highest BCUT2D eigenvalue weighted by Gasteiger charge is 2.34. The maximum Gasteiger partial charge on any atom is 0.243 e. The number of rotatable bonds is 3. The number of carbonyl (C=O) groups excluding carboxylic acids is 1. The lowest BCUT2D eigenvalue weighted by atomic mass is 10.1. The number of carbonyl (C=O) groups is 1. The molecule has 1 aliphatic heterocycles. The summed E-state index contributed by atoms with van der Waals surface area (Å²) < 4.78 is 0. The predicted molar refractivity (Wildman–Crippen MR) is 113 cm³/mol. The minimum absolute atomic E-state index is 0.0460. The van der Waals surface area contributed by atoms with Crippen LogP contribution in [0.3, 0.4) is 0 Å². The van der Waals surface area contributed by atoms with Gasteiger partial charge in [-0.05, 0) is 56.5 Å². The fraction of sp³-hybridized carbons (Fsp3) is 0.348. The largest absolute Gasteiger partial charge is 0.350 e. The van der Waals surface area contributed by atoms with Gasteiger partial charge < -0.3 is 10.2 Å². The molecule has 28 heavy (non-hydrogen) atoms. The van der Waals surface area contributed by atoms with Crippen molar-refractivity contribution in [2.24, 2.45) is 0 Å². The number of amides is 1. The molecule has 0 radical (unpaired) electrons. The lowest BCUT2D eigenvalue weighted by molar-refractivity contribution is -0.123. The second kappa shape index (κ2) is 7.23. The Labute approximate surface area is 165 Å². The van der Waals surface area contributed by atoms with Crippen molar-refractivity contribution in [2.45, 2.75) is 45.2 Å². The van der Waals surface area contributed by atoms with E-state index in [1.165, 1.54) is 10.8 Å². The summed E-state index contributed by atoms with van der Waals surface area (Å²) in [4.78, 5) is 24.0. The van der Waals surface area contributed by atoms with Crippen LogP contribution in [0.25, 0.3) is 22.0 Å². The Morgan fingerprint density at radius 3 is 2.68 bits per heavy atom. The lowest BCUT2D eigenvalue weighted by Crippen LogP contribution is -2.50. The highest BCUT2D eigenvalue weighted by Crippen LogP contribution is 2.27. The number of nitrogens with one attached hydrogen (secondary N) is 1. The van der Waals surface area contributed by atoms with Crippen LogP contribution in [0.5, 0.6) is 0 Å². The molecule has 4 rings (SSSR count). The summed E-state index contributed by atoms with van der Waals surface area (Å²) in [6.07, 6.45) is 3.57. The molecule has 0 bridgehead atoms. The molecule has 1 amide bonds. The molecule has 5 heteroatoms. The van der Waals surface area contributed by atoms with Crippen molar-refractivity contribution in [2.75, 3.05) is 11.4 Å². The smallest absolute Gasteiger partial charge is 0.243 e. The third-order valence-electron chi connectivity index (χ3n) is 5.00. The number of anilines is 1. The summed E-state index contributed by atoms with van der Waals surface area (Å²) in [7, 11) is 0. The third-order valence-corrected chi connectivity index (χ3v) is 5.00.